The lowest BCUT2D eigenvalue weighted by atomic mass is 9.88. The SMILES string of the molecule is COc1ccc(COc2nc(-n3cccn3)ncc2C(=O)C2CCN(c3ncc(C(=O)O)cn3)C(N)C2)cc1. The number of nitrogens with two attached hydrogens (primary N) is 1. The standard InChI is InChI=1S/C26H26N8O5/c1-38-19-5-3-16(4-6-19)15-39-23-20(14-30-26(32-23)34-9-2-8-31-34)22(35)17-7-10-33(21(27)11-17)25-28-12-18(13-29-25)24(36)37/h2-6,8-9,12-14,17,21H,7,10-11,15,27H2,1H3,(H,36,37). The summed E-state index contributed by atoms with van der Waals surface area (Å²) in [5, 5.41) is 13.2. The number of piperidine rings is 1. The van der Waals surface area contributed by atoms with Crippen LogP contribution in [0.15, 0.2) is 61.3 Å². The number of carbonyl (C=O) groups is 2. The zero-order valence-corrected chi connectivity index (χ0v) is 21.0. The van der Waals surface area contributed by atoms with E-state index >= 15 is 0 Å². The van der Waals surface area contributed by atoms with Crippen molar-refractivity contribution < 1.29 is 24.2 Å². The first kappa shape index (κ1) is 25.7. The maximum Gasteiger partial charge on any atom is 0.338 e. The lowest BCUT2D eigenvalue weighted by Crippen LogP contribution is -2.50. The van der Waals surface area contributed by atoms with E-state index in [0.717, 1.165) is 11.3 Å². The van der Waals surface area contributed by atoms with Gasteiger partial charge in [0.05, 0.1) is 24.4 Å². The summed E-state index contributed by atoms with van der Waals surface area (Å²) in [5.74, 6) is -0.228. The van der Waals surface area contributed by atoms with Gasteiger partial charge in [0.15, 0.2) is 5.78 Å². The summed E-state index contributed by atoms with van der Waals surface area (Å²) in [7, 11) is 1.60. The molecule has 0 aliphatic carbocycles. The number of aromatic carboxylic acids is 1. The minimum Gasteiger partial charge on any atom is -0.497 e. The molecule has 2 unspecified atom stereocenters. The first-order valence-electron chi connectivity index (χ1n) is 12.2. The molecule has 13 nitrogen and oxygen atoms in total. The van der Waals surface area contributed by atoms with Gasteiger partial charge in [0.25, 0.3) is 5.95 Å². The van der Waals surface area contributed by atoms with Gasteiger partial charge in [-0.25, -0.2) is 24.4 Å². The molecule has 2 atom stereocenters. The Morgan fingerprint density at radius 2 is 1.85 bits per heavy atom. The average Bonchev–Trinajstić information content (AvgIpc) is 3.51. The van der Waals surface area contributed by atoms with Crippen LogP contribution in [0.25, 0.3) is 5.95 Å². The van der Waals surface area contributed by atoms with E-state index in [1.54, 1.807) is 30.5 Å². The number of nitrogens with zero attached hydrogens (tertiary/aromatic N) is 7. The molecule has 39 heavy (non-hydrogen) atoms. The van der Waals surface area contributed by atoms with Crippen molar-refractivity contribution in [2.75, 3.05) is 18.6 Å². The van der Waals surface area contributed by atoms with Gasteiger partial charge < -0.3 is 25.2 Å². The molecule has 3 aromatic heterocycles. The second-order valence-electron chi connectivity index (χ2n) is 8.90. The van der Waals surface area contributed by atoms with Crippen LogP contribution in [0.1, 0.15) is 39.1 Å². The van der Waals surface area contributed by atoms with E-state index in [0.29, 0.717) is 25.3 Å². The highest BCUT2D eigenvalue weighted by Gasteiger charge is 2.34. The molecule has 0 saturated carbocycles. The van der Waals surface area contributed by atoms with Crippen LogP contribution in [0.3, 0.4) is 0 Å². The summed E-state index contributed by atoms with van der Waals surface area (Å²) in [6.45, 7) is 0.597. The Labute approximate surface area is 223 Å². The summed E-state index contributed by atoms with van der Waals surface area (Å²) >= 11 is 0. The van der Waals surface area contributed by atoms with Gasteiger partial charge >= 0.3 is 5.97 Å². The van der Waals surface area contributed by atoms with E-state index in [2.05, 4.69) is 25.0 Å². The molecule has 5 rings (SSSR count). The maximum atomic E-state index is 13.7. The van der Waals surface area contributed by atoms with Gasteiger partial charge in [0.1, 0.15) is 12.4 Å². The van der Waals surface area contributed by atoms with Crippen molar-refractivity contribution in [3.8, 4) is 17.6 Å². The zero-order chi connectivity index (χ0) is 27.4. The fraction of sp³-hybridized carbons (Fsp3) is 0.269. The quantitative estimate of drug-likeness (QED) is 0.302. The maximum absolute atomic E-state index is 13.7. The zero-order valence-electron chi connectivity index (χ0n) is 21.0. The molecule has 0 spiro atoms. The normalized spacial score (nSPS) is 17.0. The van der Waals surface area contributed by atoms with Crippen molar-refractivity contribution >= 4 is 17.7 Å². The van der Waals surface area contributed by atoms with Crippen LogP contribution in [0.2, 0.25) is 0 Å². The topological polar surface area (TPSA) is 171 Å². The van der Waals surface area contributed by atoms with Crippen molar-refractivity contribution in [3.05, 3.63) is 78.0 Å². The Hall–Kier alpha value is -4.91. The van der Waals surface area contributed by atoms with E-state index in [1.165, 1.54) is 23.3 Å². The van der Waals surface area contributed by atoms with Gasteiger partial charge in [0, 0.05) is 43.4 Å². The molecule has 1 aliphatic heterocycles. The van der Waals surface area contributed by atoms with Gasteiger partial charge in [-0.2, -0.15) is 10.1 Å². The number of rotatable bonds is 9. The van der Waals surface area contributed by atoms with Crippen LogP contribution in [-0.4, -0.2) is 66.4 Å². The number of carboxylic acids is 1. The molecule has 4 aromatic rings. The molecule has 4 heterocycles. The molecule has 200 valence electrons. The number of ketones is 1. The molecule has 0 amide bonds. The van der Waals surface area contributed by atoms with Gasteiger partial charge in [-0.1, -0.05) is 12.1 Å². The third-order valence-electron chi connectivity index (χ3n) is 6.41. The first-order chi connectivity index (χ1) is 18.9. The monoisotopic (exact) mass is 530 g/mol. The Balaban J connectivity index is 1.34. The summed E-state index contributed by atoms with van der Waals surface area (Å²) < 4.78 is 12.7. The molecule has 1 saturated heterocycles. The lowest BCUT2D eigenvalue weighted by molar-refractivity contribution is 0.0695. The number of hydrogen-bond acceptors (Lipinski definition) is 11. The van der Waals surface area contributed by atoms with Gasteiger partial charge in [-0.3, -0.25) is 4.79 Å². The molecular formula is C26H26N8O5. The molecule has 0 radical (unpaired) electrons. The van der Waals surface area contributed by atoms with Crippen molar-refractivity contribution in [3.63, 3.8) is 0 Å². The van der Waals surface area contributed by atoms with Crippen molar-refractivity contribution in [2.45, 2.75) is 25.6 Å². The molecule has 3 N–H and O–H groups in total. The third kappa shape index (κ3) is 5.67. The second kappa shape index (κ2) is 11.2. The van der Waals surface area contributed by atoms with Crippen molar-refractivity contribution in [2.24, 2.45) is 11.7 Å². The van der Waals surface area contributed by atoms with E-state index in [4.69, 9.17) is 20.3 Å². The molecule has 1 aromatic carbocycles. The minimum atomic E-state index is -1.11. The van der Waals surface area contributed by atoms with E-state index in [9.17, 15) is 9.59 Å². The molecular weight excluding hydrogens is 504 g/mol. The number of ether oxygens (including phenoxy) is 2. The van der Waals surface area contributed by atoms with Crippen LogP contribution in [-0.2, 0) is 6.61 Å². The number of Topliss-reactive ketones (excluding diaryl/α,β-unsaturated/α-hetero) is 1. The fourth-order valence-electron chi connectivity index (χ4n) is 4.29. The predicted octanol–water partition coefficient (Wildman–Crippen LogP) is 2.12. The van der Waals surface area contributed by atoms with Gasteiger partial charge in [-0.05, 0) is 36.6 Å². The number of anilines is 1. The Morgan fingerprint density at radius 1 is 1.10 bits per heavy atom. The van der Waals surface area contributed by atoms with E-state index < -0.39 is 18.1 Å². The number of carbonyl (C=O) groups excluding carboxylic acids is 1. The van der Waals surface area contributed by atoms with Crippen LogP contribution < -0.4 is 20.1 Å². The van der Waals surface area contributed by atoms with Crippen LogP contribution in [0.5, 0.6) is 11.6 Å². The Bertz CT molecular complexity index is 1440. The second-order valence-corrected chi connectivity index (χ2v) is 8.90. The van der Waals surface area contributed by atoms with Crippen LogP contribution in [0, 0.1) is 5.92 Å². The number of aromatic nitrogens is 6. The Morgan fingerprint density at radius 3 is 2.49 bits per heavy atom. The van der Waals surface area contributed by atoms with Crippen LogP contribution in [0.4, 0.5) is 5.95 Å². The summed E-state index contributed by atoms with van der Waals surface area (Å²) in [6.07, 6.45) is 7.51. The number of hydrogen-bond donors (Lipinski definition) is 2. The van der Waals surface area contributed by atoms with E-state index in [-0.39, 0.29) is 35.3 Å². The van der Waals surface area contributed by atoms with Crippen molar-refractivity contribution in [1.82, 2.24) is 29.7 Å². The largest absolute Gasteiger partial charge is 0.497 e. The molecule has 1 fully saturated rings. The predicted molar refractivity (Wildman–Crippen MR) is 138 cm³/mol. The molecule has 13 heteroatoms. The average molecular weight is 531 g/mol. The highest BCUT2D eigenvalue weighted by molar-refractivity contribution is 5.99. The van der Waals surface area contributed by atoms with Crippen molar-refractivity contribution in [1.29, 1.82) is 0 Å². The summed E-state index contributed by atoms with van der Waals surface area (Å²) in [6, 6.07) is 9.14. The fourth-order valence-corrected chi connectivity index (χ4v) is 4.29. The lowest BCUT2D eigenvalue weighted by Gasteiger charge is -2.36. The molecule has 0 bridgehead atoms. The number of benzene rings is 1. The number of methoxy groups -OCH3 is 1. The molecule has 1 aliphatic rings. The van der Waals surface area contributed by atoms with Gasteiger partial charge in [0.2, 0.25) is 11.8 Å². The van der Waals surface area contributed by atoms with Gasteiger partial charge in [-0.15, -0.1) is 0 Å². The number of carboxylic acid groups (broad SMARTS) is 1. The third-order valence-corrected chi connectivity index (χ3v) is 6.41. The van der Waals surface area contributed by atoms with E-state index in [1.807, 2.05) is 24.3 Å². The highest BCUT2D eigenvalue weighted by Crippen LogP contribution is 2.29. The summed E-state index contributed by atoms with van der Waals surface area (Å²) in [5.41, 5.74) is 7.51. The Kier molecular flexibility index (Phi) is 7.41. The first-order valence-corrected chi connectivity index (χ1v) is 12.2. The highest BCUT2D eigenvalue weighted by atomic mass is 16.5. The summed E-state index contributed by atoms with van der Waals surface area (Å²) in [4.78, 5) is 43.6. The van der Waals surface area contributed by atoms with Crippen LogP contribution >= 0.6 is 0 Å². The minimum absolute atomic E-state index is 0.0156. The smallest absolute Gasteiger partial charge is 0.338 e.